The molecular formula is C20H21F3N2O2. The molecule has 0 bridgehead atoms. The zero-order chi connectivity index (χ0) is 20.2. The van der Waals surface area contributed by atoms with Crippen LogP contribution < -0.4 is 10.2 Å². The van der Waals surface area contributed by atoms with Gasteiger partial charge in [0, 0.05) is 23.5 Å². The van der Waals surface area contributed by atoms with E-state index in [9.17, 15) is 22.8 Å². The maximum Gasteiger partial charge on any atom is 0.471 e. The highest BCUT2D eigenvalue weighted by molar-refractivity contribution is 6.04. The van der Waals surface area contributed by atoms with Crippen molar-refractivity contribution in [3.63, 3.8) is 0 Å². The largest absolute Gasteiger partial charge is 0.471 e. The molecule has 27 heavy (non-hydrogen) atoms. The van der Waals surface area contributed by atoms with E-state index >= 15 is 0 Å². The van der Waals surface area contributed by atoms with E-state index in [0.717, 1.165) is 5.56 Å². The lowest BCUT2D eigenvalue weighted by Crippen LogP contribution is -2.41. The molecule has 0 radical (unpaired) electrons. The lowest BCUT2D eigenvalue weighted by molar-refractivity contribution is -0.170. The predicted octanol–water partition coefficient (Wildman–Crippen LogP) is 4.98. The second-order valence-corrected chi connectivity index (χ2v) is 6.32. The first-order valence-corrected chi connectivity index (χ1v) is 8.53. The number of nitrogens with zero attached hydrogens (tertiary/aromatic N) is 1. The molecule has 0 atom stereocenters. The summed E-state index contributed by atoms with van der Waals surface area (Å²) in [5, 5.41) is 2.69. The monoisotopic (exact) mass is 378 g/mol. The molecule has 0 heterocycles. The van der Waals surface area contributed by atoms with Crippen molar-refractivity contribution in [3.8, 4) is 0 Å². The van der Waals surface area contributed by atoms with Crippen LogP contribution in [-0.2, 0) is 4.79 Å². The number of benzene rings is 2. The zero-order valence-electron chi connectivity index (χ0n) is 15.3. The SMILES string of the molecule is CCN(C(=O)C(F)(F)F)c1ccc(NC(=O)c2ccc(C(C)C)cc2)cc1. The Kier molecular flexibility index (Phi) is 6.25. The number of halogens is 3. The molecule has 0 aliphatic heterocycles. The third-order valence-corrected chi connectivity index (χ3v) is 4.08. The Morgan fingerprint density at radius 3 is 2.00 bits per heavy atom. The van der Waals surface area contributed by atoms with E-state index in [-0.39, 0.29) is 18.1 Å². The number of hydrogen-bond donors (Lipinski definition) is 1. The summed E-state index contributed by atoms with van der Waals surface area (Å²) in [5.41, 5.74) is 2.13. The fourth-order valence-electron chi connectivity index (χ4n) is 2.54. The first-order valence-electron chi connectivity index (χ1n) is 8.53. The van der Waals surface area contributed by atoms with Crippen molar-refractivity contribution >= 4 is 23.2 Å². The molecule has 2 aromatic carbocycles. The van der Waals surface area contributed by atoms with Crippen molar-refractivity contribution in [2.45, 2.75) is 32.9 Å². The highest BCUT2D eigenvalue weighted by atomic mass is 19.4. The lowest BCUT2D eigenvalue weighted by atomic mass is 10.0. The number of carbonyl (C=O) groups excluding carboxylic acids is 2. The molecular weight excluding hydrogens is 357 g/mol. The molecule has 1 N–H and O–H groups in total. The first kappa shape index (κ1) is 20.5. The van der Waals surface area contributed by atoms with Crippen molar-refractivity contribution in [2.75, 3.05) is 16.8 Å². The van der Waals surface area contributed by atoms with Gasteiger partial charge in [-0.15, -0.1) is 0 Å². The van der Waals surface area contributed by atoms with Crippen LogP contribution in [-0.4, -0.2) is 24.5 Å². The van der Waals surface area contributed by atoms with Crippen molar-refractivity contribution in [2.24, 2.45) is 0 Å². The van der Waals surface area contributed by atoms with E-state index in [1.165, 1.54) is 31.2 Å². The van der Waals surface area contributed by atoms with Crippen molar-refractivity contribution < 1.29 is 22.8 Å². The van der Waals surface area contributed by atoms with Gasteiger partial charge in [0.05, 0.1) is 0 Å². The molecule has 0 saturated heterocycles. The first-order chi connectivity index (χ1) is 12.6. The van der Waals surface area contributed by atoms with Gasteiger partial charge >= 0.3 is 12.1 Å². The number of anilines is 2. The van der Waals surface area contributed by atoms with E-state index < -0.39 is 12.1 Å². The predicted molar refractivity (Wildman–Crippen MR) is 99.0 cm³/mol. The minimum Gasteiger partial charge on any atom is -0.322 e. The number of hydrogen-bond acceptors (Lipinski definition) is 2. The molecule has 0 aliphatic rings. The molecule has 0 saturated carbocycles. The molecule has 7 heteroatoms. The maximum atomic E-state index is 12.6. The summed E-state index contributed by atoms with van der Waals surface area (Å²) >= 11 is 0. The standard InChI is InChI=1S/C20H21F3N2O2/c1-4-25(19(27)20(21,22)23)17-11-9-16(10-12-17)24-18(26)15-7-5-14(6-8-15)13(2)3/h5-13H,4H2,1-3H3,(H,24,26). The van der Waals surface area contributed by atoms with Crippen LogP contribution in [0.2, 0.25) is 0 Å². The third kappa shape index (κ3) is 5.09. The average molecular weight is 378 g/mol. The van der Waals surface area contributed by atoms with E-state index in [2.05, 4.69) is 19.2 Å². The van der Waals surface area contributed by atoms with Gasteiger partial charge in [-0.05, 0) is 54.8 Å². The van der Waals surface area contributed by atoms with Gasteiger partial charge in [0.1, 0.15) is 0 Å². The molecule has 2 aromatic rings. The van der Waals surface area contributed by atoms with Gasteiger partial charge < -0.3 is 10.2 Å². The zero-order valence-corrected chi connectivity index (χ0v) is 15.3. The van der Waals surface area contributed by atoms with Crippen molar-refractivity contribution in [1.29, 1.82) is 0 Å². The number of rotatable bonds is 5. The highest BCUT2D eigenvalue weighted by Crippen LogP contribution is 2.25. The van der Waals surface area contributed by atoms with E-state index in [1.807, 2.05) is 12.1 Å². The number of alkyl halides is 3. The lowest BCUT2D eigenvalue weighted by Gasteiger charge is -2.22. The van der Waals surface area contributed by atoms with Crippen molar-refractivity contribution in [3.05, 3.63) is 59.7 Å². The molecule has 2 rings (SSSR count). The van der Waals surface area contributed by atoms with Gasteiger partial charge in [-0.1, -0.05) is 26.0 Å². The Bertz CT molecular complexity index is 797. The van der Waals surface area contributed by atoms with Crippen LogP contribution in [0.3, 0.4) is 0 Å². The van der Waals surface area contributed by atoms with Crippen LogP contribution in [0.4, 0.5) is 24.5 Å². The van der Waals surface area contributed by atoms with Gasteiger partial charge in [-0.2, -0.15) is 13.2 Å². The normalized spacial score (nSPS) is 11.4. The van der Waals surface area contributed by atoms with E-state index in [1.54, 1.807) is 12.1 Å². The van der Waals surface area contributed by atoms with Crippen LogP contribution in [0.15, 0.2) is 48.5 Å². The average Bonchev–Trinajstić information content (AvgIpc) is 2.63. The summed E-state index contributed by atoms with van der Waals surface area (Å²) < 4.78 is 37.9. The third-order valence-electron chi connectivity index (χ3n) is 4.08. The van der Waals surface area contributed by atoms with Gasteiger partial charge in [-0.25, -0.2) is 0 Å². The van der Waals surface area contributed by atoms with Crippen molar-refractivity contribution in [1.82, 2.24) is 0 Å². The fourth-order valence-corrected chi connectivity index (χ4v) is 2.54. The number of nitrogens with one attached hydrogen (secondary N) is 1. The summed E-state index contributed by atoms with van der Waals surface area (Å²) in [6.45, 7) is 5.45. The Hall–Kier alpha value is -2.83. The molecule has 0 unspecified atom stereocenters. The molecule has 0 fully saturated rings. The van der Waals surface area contributed by atoms with Gasteiger partial charge in [0.15, 0.2) is 0 Å². The second-order valence-electron chi connectivity index (χ2n) is 6.32. The Balaban J connectivity index is 2.10. The van der Waals surface area contributed by atoms with Crippen LogP contribution in [0, 0.1) is 0 Å². The molecule has 0 spiro atoms. The maximum absolute atomic E-state index is 12.6. The topological polar surface area (TPSA) is 49.4 Å². The van der Waals surface area contributed by atoms with Gasteiger partial charge in [-0.3, -0.25) is 9.59 Å². The minimum atomic E-state index is -4.94. The van der Waals surface area contributed by atoms with E-state index in [4.69, 9.17) is 0 Å². The van der Waals surface area contributed by atoms with Crippen LogP contribution in [0.5, 0.6) is 0 Å². The van der Waals surface area contributed by atoms with Gasteiger partial charge in [0.2, 0.25) is 0 Å². The molecule has 0 aliphatic carbocycles. The van der Waals surface area contributed by atoms with Crippen LogP contribution in [0.25, 0.3) is 0 Å². The van der Waals surface area contributed by atoms with Gasteiger partial charge in [0.25, 0.3) is 5.91 Å². The minimum absolute atomic E-state index is 0.110. The Labute approximate surface area is 156 Å². The number of carbonyl (C=O) groups is 2. The smallest absolute Gasteiger partial charge is 0.322 e. The highest BCUT2D eigenvalue weighted by Gasteiger charge is 2.42. The molecule has 144 valence electrons. The summed E-state index contributed by atoms with van der Waals surface area (Å²) in [7, 11) is 0. The molecule has 4 nitrogen and oxygen atoms in total. The Morgan fingerprint density at radius 2 is 1.56 bits per heavy atom. The number of amides is 2. The van der Waals surface area contributed by atoms with Crippen LogP contribution >= 0.6 is 0 Å². The fraction of sp³-hybridized carbons (Fsp3) is 0.300. The molecule has 2 amide bonds. The summed E-state index contributed by atoms with van der Waals surface area (Å²) in [5.74, 6) is -1.89. The summed E-state index contributed by atoms with van der Waals surface area (Å²) in [6.07, 6.45) is -4.94. The van der Waals surface area contributed by atoms with E-state index in [0.29, 0.717) is 22.1 Å². The summed E-state index contributed by atoms with van der Waals surface area (Å²) in [4.78, 5) is 24.4. The quantitative estimate of drug-likeness (QED) is 0.798. The second kappa shape index (κ2) is 8.24. The molecule has 0 aromatic heterocycles. The Morgan fingerprint density at radius 1 is 1.00 bits per heavy atom. The van der Waals surface area contributed by atoms with Crippen LogP contribution in [0.1, 0.15) is 42.6 Å². The summed E-state index contributed by atoms with van der Waals surface area (Å²) in [6, 6.07) is 12.9.